The Morgan fingerprint density at radius 3 is 2.61 bits per heavy atom. The van der Waals surface area contributed by atoms with E-state index in [1.54, 1.807) is 12.1 Å². The van der Waals surface area contributed by atoms with Crippen LogP contribution in [0.5, 0.6) is 0 Å². The van der Waals surface area contributed by atoms with Gasteiger partial charge in [-0.25, -0.2) is 0 Å². The number of unbranched alkanes of at least 4 members (excludes halogenated alkanes) is 1. The summed E-state index contributed by atoms with van der Waals surface area (Å²) in [6.45, 7) is 8.29. The number of furan rings is 1. The fourth-order valence-electron chi connectivity index (χ4n) is 1.73. The van der Waals surface area contributed by atoms with Crippen molar-refractivity contribution in [1.29, 1.82) is 0 Å². The van der Waals surface area contributed by atoms with Crippen LogP contribution in [0.4, 0.5) is 0 Å². The minimum Gasteiger partial charge on any atom is -0.444 e. The largest absolute Gasteiger partial charge is 0.444 e. The highest BCUT2D eigenvalue weighted by molar-refractivity contribution is 9.10. The van der Waals surface area contributed by atoms with Gasteiger partial charge in [-0.2, -0.15) is 0 Å². The van der Waals surface area contributed by atoms with Crippen LogP contribution in [0, 0.1) is 0 Å². The zero-order valence-electron chi connectivity index (χ0n) is 11.0. The Hall–Kier alpha value is -0.810. The molecule has 0 atom stereocenters. The van der Waals surface area contributed by atoms with Crippen LogP contribution in [-0.2, 0) is 0 Å². The zero-order chi connectivity index (χ0) is 13.4. The number of nitrogens with one attached hydrogen (secondary N) is 1. The molecule has 102 valence electrons. The molecule has 0 aliphatic carbocycles. The van der Waals surface area contributed by atoms with Crippen molar-refractivity contribution in [3.8, 4) is 0 Å². The molecule has 0 fully saturated rings. The van der Waals surface area contributed by atoms with E-state index in [1.165, 1.54) is 0 Å². The van der Waals surface area contributed by atoms with Gasteiger partial charge in [0.05, 0.1) is 0 Å². The van der Waals surface area contributed by atoms with E-state index in [0.29, 0.717) is 17.0 Å². The van der Waals surface area contributed by atoms with Crippen molar-refractivity contribution in [3.63, 3.8) is 0 Å². The maximum absolute atomic E-state index is 11.6. The first-order valence-corrected chi connectivity index (χ1v) is 7.22. The quantitative estimate of drug-likeness (QED) is 0.750. The molecule has 0 saturated carbocycles. The molecule has 1 rings (SSSR count). The Labute approximate surface area is 117 Å². The summed E-state index contributed by atoms with van der Waals surface area (Å²) in [5, 5.41) is 2.85. The fraction of sp³-hybridized carbons (Fsp3) is 0.615. The number of nitrogens with zero attached hydrogens (tertiary/aromatic N) is 1. The molecule has 4 nitrogen and oxygen atoms in total. The van der Waals surface area contributed by atoms with E-state index in [1.807, 2.05) is 0 Å². The van der Waals surface area contributed by atoms with Crippen LogP contribution >= 0.6 is 15.9 Å². The Bertz CT molecular complexity index is 362. The molecule has 0 saturated heterocycles. The summed E-state index contributed by atoms with van der Waals surface area (Å²) in [4.78, 5) is 14.0. The summed E-state index contributed by atoms with van der Waals surface area (Å²) in [7, 11) is 0. The van der Waals surface area contributed by atoms with Gasteiger partial charge in [0.15, 0.2) is 10.4 Å². The number of hydrogen-bond acceptors (Lipinski definition) is 3. The highest BCUT2D eigenvalue weighted by atomic mass is 79.9. The van der Waals surface area contributed by atoms with E-state index >= 15 is 0 Å². The number of hydrogen-bond donors (Lipinski definition) is 1. The number of halogens is 1. The lowest BCUT2D eigenvalue weighted by atomic mass is 10.3. The average Bonchev–Trinajstić information content (AvgIpc) is 2.80. The first kappa shape index (κ1) is 15.2. The topological polar surface area (TPSA) is 45.5 Å². The van der Waals surface area contributed by atoms with Crippen molar-refractivity contribution in [1.82, 2.24) is 10.2 Å². The highest BCUT2D eigenvalue weighted by Crippen LogP contribution is 2.13. The lowest BCUT2D eigenvalue weighted by Gasteiger charge is -2.17. The van der Waals surface area contributed by atoms with Gasteiger partial charge in [-0.15, -0.1) is 0 Å². The second-order valence-electron chi connectivity index (χ2n) is 4.09. The third-order valence-electron chi connectivity index (χ3n) is 2.88. The molecule has 1 N–H and O–H groups in total. The monoisotopic (exact) mass is 316 g/mol. The lowest BCUT2D eigenvalue weighted by molar-refractivity contribution is 0.0923. The SMILES string of the molecule is CCN(CC)CCCCNC(=O)c1ccc(Br)o1. The summed E-state index contributed by atoms with van der Waals surface area (Å²) in [5.74, 6) is 0.203. The molecule has 0 aliphatic rings. The fourth-order valence-corrected chi connectivity index (χ4v) is 2.03. The minimum absolute atomic E-state index is 0.150. The highest BCUT2D eigenvalue weighted by Gasteiger charge is 2.09. The van der Waals surface area contributed by atoms with Gasteiger partial charge in [0.25, 0.3) is 5.91 Å². The molecule has 1 amide bonds. The predicted molar refractivity (Wildman–Crippen MR) is 75.8 cm³/mol. The van der Waals surface area contributed by atoms with Crippen LogP contribution < -0.4 is 5.32 Å². The van der Waals surface area contributed by atoms with Gasteiger partial charge in [0.1, 0.15) is 0 Å². The van der Waals surface area contributed by atoms with Crippen LogP contribution in [0.1, 0.15) is 37.2 Å². The Balaban J connectivity index is 2.13. The minimum atomic E-state index is -0.150. The van der Waals surface area contributed by atoms with Crippen molar-refractivity contribution in [2.45, 2.75) is 26.7 Å². The van der Waals surface area contributed by atoms with E-state index in [4.69, 9.17) is 4.42 Å². The molecule has 1 aromatic heterocycles. The van der Waals surface area contributed by atoms with Crippen molar-refractivity contribution in [2.75, 3.05) is 26.2 Å². The van der Waals surface area contributed by atoms with Crippen LogP contribution in [0.3, 0.4) is 0 Å². The Kier molecular flexibility index (Phi) is 7.05. The maximum Gasteiger partial charge on any atom is 0.287 e. The molecule has 0 radical (unpaired) electrons. The molecule has 0 spiro atoms. The van der Waals surface area contributed by atoms with Crippen molar-refractivity contribution < 1.29 is 9.21 Å². The molecule has 5 heteroatoms. The molecular weight excluding hydrogens is 296 g/mol. The standard InChI is InChI=1S/C13H21BrN2O2/c1-3-16(4-2)10-6-5-9-15-13(17)11-7-8-12(14)18-11/h7-8H,3-6,9-10H2,1-2H3,(H,15,17). The van der Waals surface area contributed by atoms with E-state index in [-0.39, 0.29) is 5.91 Å². The van der Waals surface area contributed by atoms with Gasteiger partial charge in [-0.1, -0.05) is 13.8 Å². The molecule has 18 heavy (non-hydrogen) atoms. The first-order valence-electron chi connectivity index (χ1n) is 6.43. The molecular formula is C13H21BrN2O2. The van der Waals surface area contributed by atoms with Gasteiger partial charge >= 0.3 is 0 Å². The molecule has 0 aromatic carbocycles. The number of carbonyl (C=O) groups is 1. The summed E-state index contributed by atoms with van der Waals surface area (Å²) in [6, 6.07) is 3.38. The average molecular weight is 317 g/mol. The van der Waals surface area contributed by atoms with Gasteiger partial charge < -0.3 is 14.6 Å². The lowest BCUT2D eigenvalue weighted by Crippen LogP contribution is -2.27. The van der Waals surface area contributed by atoms with Crippen LogP contribution in [0.2, 0.25) is 0 Å². The molecule has 1 heterocycles. The van der Waals surface area contributed by atoms with E-state index in [9.17, 15) is 4.79 Å². The maximum atomic E-state index is 11.6. The smallest absolute Gasteiger partial charge is 0.287 e. The second kappa shape index (κ2) is 8.32. The summed E-state index contributed by atoms with van der Waals surface area (Å²) in [6.07, 6.45) is 2.09. The number of amides is 1. The van der Waals surface area contributed by atoms with E-state index in [2.05, 4.69) is 40.0 Å². The molecule has 0 aliphatic heterocycles. The predicted octanol–water partition coefficient (Wildman–Crippen LogP) is 2.89. The summed E-state index contributed by atoms with van der Waals surface area (Å²) in [5.41, 5.74) is 0. The van der Waals surface area contributed by atoms with E-state index in [0.717, 1.165) is 32.5 Å². The number of carbonyl (C=O) groups excluding carboxylic acids is 1. The van der Waals surface area contributed by atoms with Crippen LogP contribution in [0.25, 0.3) is 0 Å². The Morgan fingerprint density at radius 1 is 1.33 bits per heavy atom. The zero-order valence-corrected chi connectivity index (χ0v) is 12.6. The summed E-state index contributed by atoms with van der Waals surface area (Å²) < 4.78 is 5.75. The molecule has 0 bridgehead atoms. The van der Waals surface area contributed by atoms with Gasteiger partial charge in [-0.3, -0.25) is 4.79 Å². The third kappa shape index (κ3) is 5.23. The molecule has 0 unspecified atom stereocenters. The van der Waals surface area contributed by atoms with Gasteiger partial charge in [0.2, 0.25) is 0 Å². The van der Waals surface area contributed by atoms with Crippen LogP contribution in [-0.4, -0.2) is 37.0 Å². The second-order valence-corrected chi connectivity index (χ2v) is 4.88. The normalized spacial score (nSPS) is 10.9. The van der Waals surface area contributed by atoms with Crippen molar-refractivity contribution in [2.24, 2.45) is 0 Å². The number of rotatable bonds is 8. The third-order valence-corrected chi connectivity index (χ3v) is 3.30. The van der Waals surface area contributed by atoms with Crippen molar-refractivity contribution in [3.05, 3.63) is 22.6 Å². The van der Waals surface area contributed by atoms with Gasteiger partial charge in [0, 0.05) is 6.54 Å². The Morgan fingerprint density at radius 2 is 2.06 bits per heavy atom. The summed E-state index contributed by atoms with van der Waals surface area (Å²) >= 11 is 3.17. The first-order chi connectivity index (χ1) is 8.67. The van der Waals surface area contributed by atoms with Crippen LogP contribution in [0.15, 0.2) is 21.2 Å². The molecule has 1 aromatic rings. The van der Waals surface area contributed by atoms with E-state index < -0.39 is 0 Å². The van der Waals surface area contributed by atoms with Gasteiger partial charge in [-0.05, 0) is 60.5 Å². The van der Waals surface area contributed by atoms with Crippen molar-refractivity contribution >= 4 is 21.8 Å².